The van der Waals surface area contributed by atoms with E-state index in [4.69, 9.17) is 4.74 Å². The number of fused-ring (bicyclic) bond motifs is 1. The van der Waals surface area contributed by atoms with Gasteiger partial charge in [-0.25, -0.2) is 0 Å². The van der Waals surface area contributed by atoms with Crippen LogP contribution < -0.4 is 5.32 Å². The molecule has 1 spiro atoms. The number of hydrogen-bond donors (Lipinski definition) is 1. The Hall–Kier alpha value is -0.860. The van der Waals surface area contributed by atoms with E-state index >= 15 is 0 Å². The van der Waals surface area contributed by atoms with Crippen molar-refractivity contribution in [3.63, 3.8) is 0 Å². The van der Waals surface area contributed by atoms with Crippen molar-refractivity contribution in [2.75, 3.05) is 13.6 Å². The molecule has 1 fully saturated rings. The maximum absolute atomic E-state index is 6.52. The summed E-state index contributed by atoms with van der Waals surface area (Å²) in [6, 6.07) is 8.81. The highest BCUT2D eigenvalue weighted by Crippen LogP contribution is 2.43. The first-order valence-corrected chi connectivity index (χ1v) is 7.23. The first kappa shape index (κ1) is 12.2. The van der Waals surface area contributed by atoms with E-state index in [-0.39, 0.29) is 11.7 Å². The summed E-state index contributed by atoms with van der Waals surface area (Å²) in [5.74, 6) is 0. The molecule has 18 heavy (non-hydrogen) atoms. The molecule has 1 aliphatic carbocycles. The van der Waals surface area contributed by atoms with Gasteiger partial charge in [0.1, 0.15) is 0 Å². The van der Waals surface area contributed by atoms with Crippen LogP contribution >= 0.6 is 0 Å². The fraction of sp³-hybridized carbons (Fsp3) is 0.625. The minimum atomic E-state index is 0.133. The van der Waals surface area contributed by atoms with Crippen molar-refractivity contribution in [3.05, 3.63) is 35.4 Å². The largest absolute Gasteiger partial charge is 0.365 e. The highest BCUT2D eigenvalue weighted by atomic mass is 16.5. The first-order valence-electron chi connectivity index (χ1n) is 7.23. The van der Waals surface area contributed by atoms with Gasteiger partial charge < -0.3 is 10.1 Å². The van der Waals surface area contributed by atoms with E-state index < -0.39 is 0 Å². The smallest absolute Gasteiger partial charge is 0.0959 e. The lowest BCUT2D eigenvalue weighted by Crippen LogP contribution is -2.44. The second-order valence-electron chi connectivity index (χ2n) is 5.78. The quantitative estimate of drug-likeness (QED) is 0.863. The van der Waals surface area contributed by atoms with Crippen LogP contribution in [-0.2, 0) is 11.2 Å². The zero-order valence-electron chi connectivity index (χ0n) is 11.2. The van der Waals surface area contributed by atoms with E-state index in [0.29, 0.717) is 0 Å². The third kappa shape index (κ3) is 2.19. The number of ether oxygens (including phenoxy) is 1. The van der Waals surface area contributed by atoms with Gasteiger partial charge in [0.05, 0.1) is 11.7 Å². The van der Waals surface area contributed by atoms with Crippen LogP contribution in [0.1, 0.15) is 49.3 Å². The third-order valence-electron chi connectivity index (χ3n) is 4.46. The van der Waals surface area contributed by atoms with Crippen molar-refractivity contribution in [2.24, 2.45) is 0 Å². The predicted octanol–water partition coefficient (Wildman–Crippen LogP) is 3.22. The van der Waals surface area contributed by atoms with Crippen LogP contribution in [-0.4, -0.2) is 19.2 Å². The van der Waals surface area contributed by atoms with Gasteiger partial charge >= 0.3 is 0 Å². The molecule has 0 aromatic heterocycles. The van der Waals surface area contributed by atoms with E-state index in [1.54, 1.807) is 0 Å². The summed E-state index contributed by atoms with van der Waals surface area (Å²) < 4.78 is 6.52. The molecule has 0 bridgehead atoms. The molecule has 1 saturated carbocycles. The molecule has 0 amide bonds. The van der Waals surface area contributed by atoms with E-state index in [2.05, 4.69) is 29.6 Å². The van der Waals surface area contributed by atoms with Gasteiger partial charge in [-0.1, -0.05) is 43.5 Å². The molecule has 2 heteroatoms. The minimum Gasteiger partial charge on any atom is -0.365 e. The highest BCUT2D eigenvalue weighted by molar-refractivity contribution is 5.33. The topological polar surface area (TPSA) is 21.3 Å². The summed E-state index contributed by atoms with van der Waals surface area (Å²) in [7, 11) is 2.01. The summed E-state index contributed by atoms with van der Waals surface area (Å²) in [5, 5.41) is 3.28. The molecule has 1 aromatic rings. The Kier molecular flexibility index (Phi) is 3.40. The van der Waals surface area contributed by atoms with Gasteiger partial charge in [0.15, 0.2) is 0 Å². The lowest BCUT2D eigenvalue weighted by atomic mass is 9.77. The summed E-state index contributed by atoms with van der Waals surface area (Å²) in [4.78, 5) is 0. The van der Waals surface area contributed by atoms with Crippen LogP contribution in [0, 0.1) is 0 Å². The Labute approximate surface area is 110 Å². The van der Waals surface area contributed by atoms with E-state index in [1.165, 1.54) is 43.2 Å². The monoisotopic (exact) mass is 245 g/mol. The Balaban J connectivity index is 1.91. The van der Waals surface area contributed by atoms with Crippen LogP contribution in [0.25, 0.3) is 0 Å². The molecule has 2 aliphatic rings. The van der Waals surface area contributed by atoms with E-state index in [9.17, 15) is 0 Å². The molecule has 0 radical (unpaired) electrons. The molecular formula is C16H23NO. The molecule has 1 heterocycles. The number of hydrogen-bond acceptors (Lipinski definition) is 2. The van der Waals surface area contributed by atoms with Crippen LogP contribution in [0.3, 0.4) is 0 Å². The van der Waals surface area contributed by atoms with Gasteiger partial charge in [-0.2, -0.15) is 0 Å². The van der Waals surface area contributed by atoms with Crippen LogP contribution in [0.4, 0.5) is 0 Å². The highest BCUT2D eigenvalue weighted by Gasteiger charge is 2.40. The van der Waals surface area contributed by atoms with Crippen LogP contribution in [0.5, 0.6) is 0 Å². The Bertz CT molecular complexity index is 409. The van der Waals surface area contributed by atoms with Crippen molar-refractivity contribution in [1.82, 2.24) is 5.32 Å². The molecule has 2 nitrogen and oxygen atoms in total. The molecule has 98 valence electrons. The van der Waals surface area contributed by atoms with Gasteiger partial charge in [0.2, 0.25) is 0 Å². The fourth-order valence-electron chi connectivity index (χ4n) is 3.59. The molecule has 1 atom stereocenters. The summed E-state index contributed by atoms with van der Waals surface area (Å²) in [5.41, 5.74) is 3.03. The Morgan fingerprint density at radius 3 is 2.78 bits per heavy atom. The van der Waals surface area contributed by atoms with Crippen LogP contribution in [0.15, 0.2) is 24.3 Å². The van der Waals surface area contributed by atoms with Gasteiger partial charge in [-0.05, 0) is 31.0 Å². The Morgan fingerprint density at radius 1 is 1.22 bits per heavy atom. The van der Waals surface area contributed by atoms with Crippen LogP contribution in [0.2, 0.25) is 0 Å². The normalized spacial score (nSPS) is 25.9. The molecular weight excluding hydrogens is 222 g/mol. The number of nitrogens with one attached hydrogen (secondary N) is 1. The predicted molar refractivity (Wildman–Crippen MR) is 73.7 cm³/mol. The second-order valence-corrected chi connectivity index (χ2v) is 5.78. The summed E-state index contributed by atoms with van der Waals surface area (Å²) >= 11 is 0. The number of benzene rings is 1. The third-order valence-corrected chi connectivity index (χ3v) is 4.46. The maximum Gasteiger partial charge on any atom is 0.0959 e. The second kappa shape index (κ2) is 5.02. The van der Waals surface area contributed by atoms with Crippen molar-refractivity contribution in [1.29, 1.82) is 0 Å². The first-order chi connectivity index (χ1) is 8.83. The fourth-order valence-corrected chi connectivity index (χ4v) is 3.59. The summed E-state index contributed by atoms with van der Waals surface area (Å²) in [6.45, 7) is 0.915. The average Bonchev–Trinajstić information content (AvgIpc) is 2.40. The molecule has 1 N–H and O–H groups in total. The standard InChI is InChI=1S/C16H23NO/c1-17-12-15-14-8-4-3-7-13(14)11-16(18-15)9-5-2-6-10-16/h3-4,7-8,15,17H,2,5-6,9-12H2,1H3/t15-/m1/s1. The van der Waals surface area contributed by atoms with E-state index in [1.807, 2.05) is 7.05 Å². The zero-order valence-corrected chi connectivity index (χ0v) is 11.2. The van der Waals surface area contributed by atoms with Gasteiger partial charge in [-0.15, -0.1) is 0 Å². The minimum absolute atomic E-state index is 0.133. The van der Waals surface area contributed by atoms with Gasteiger partial charge in [0.25, 0.3) is 0 Å². The van der Waals surface area contributed by atoms with E-state index in [0.717, 1.165) is 13.0 Å². The van der Waals surface area contributed by atoms with Crippen molar-refractivity contribution >= 4 is 0 Å². The molecule has 3 rings (SSSR count). The number of likely N-dealkylation sites (N-methyl/N-ethyl adjacent to an activating group) is 1. The van der Waals surface area contributed by atoms with Gasteiger partial charge in [0, 0.05) is 13.0 Å². The van der Waals surface area contributed by atoms with Crippen molar-refractivity contribution in [2.45, 2.75) is 50.2 Å². The molecule has 1 aromatic carbocycles. The molecule has 1 aliphatic heterocycles. The lowest BCUT2D eigenvalue weighted by molar-refractivity contribution is -0.124. The zero-order chi connectivity index (χ0) is 12.4. The maximum atomic E-state index is 6.52. The SMILES string of the molecule is CNC[C@H]1OC2(CCCCC2)Cc2ccccc21. The molecule has 0 unspecified atom stereocenters. The summed E-state index contributed by atoms with van der Waals surface area (Å²) in [6.07, 6.45) is 7.86. The van der Waals surface area contributed by atoms with Crippen molar-refractivity contribution in [3.8, 4) is 0 Å². The van der Waals surface area contributed by atoms with Gasteiger partial charge in [-0.3, -0.25) is 0 Å². The number of rotatable bonds is 2. The van der Waals surface area contributed by atoms with Crippen molar-refractivity contribution < 1.29 is 4.74 Å². The molecule has 0 saturated heterocycles. The average molecular weight is 245 g/mol. The Morgan fingerprint density at radius 2 is 2.00 bits per heavy atom. The lowest BCUT2D eigenvalue weighted by Gasteiger charge is -2.44.